The summed E-state index contributed by atoms with van der Waals surface area (Å²) in [5.41, 5.74) is 2.41. The molecule has 0 unspecified atom stereocenters. The molecule has 3 aromatic carbocycles. The number of benzene rings is 3. The molecule has 0 aliphatic carbocycles. The molecule has 37 heavy (non-hydrogen) atoms. The number of nitrogens with one attached hydrogen (secondary N) is 1. The van der Waals surface area contributed by atoms with Crippen LogP contribution >= 0.6 is 0 Å². The molecule has 2 aromatic heterocycles. The van der Waals surface area contributed by atoms with Crippen molar-refractivity contribution in [2.45, 2.75) is 6.92 Å². The Hall–Kier alpha value is -5.42. The number of rotatable bonds is 5. The second-order valence-electron chi connectivity index (χ2n) is 8.28. The van der Waals surface area contributed by atoms with Crippen molar-refractivity contribution in [3.05, 3.63) is 118 Å². The molecule has 2 heterocycles. The third kappa shape index (κ3) is 4.49. The third-order valence-corrected chi connectivity index (χ3v) is 5.72. The summed E-state index contributed by atoms with van der Waals surface area (Å²) in [7, 11) is 0. The van der Waals surface area contributed by atoms with E-state index in [2.05, 4.69) is 16.5 Å². The number of aryl methyl sites for hydroxylation is 1. The van der Waals surface area contributed by atoms with Gasteiger partial charge in [-0.3, -0.25) is 14.9 Å². The maximum Gasteiger partial charge on any atom is 0.282 e. The van der Waals surface area contributed by atoms with Crippen molar-refractivity contribution in [1.82, 2.24) is 9.78 Å². The highest BCUT2D eigenvalue weighted by atomic mass is 16.4. The Balaban J connectivity index is 1.60. The second-order valence-corrected chi connectivity index (χ2v) is 8.28. The summed E-state index contributed by atoms with van der Waals surface area (Å²) in [6.07, 6.45) is 0. The zero-order valence-corrected chi connectivity index (χ0v) is 19.7. The summed E-state index contributed by atoms with van der Waals surface area (Å²) < 4.78 is 7.06. The van der Waals surface area contributed by atoms with E-state index >= 15 is 0 Å². The lowest BCUT2D eigenvalue weighted by Crippen LogP contribution is -2.25. The average Bonchev–Trinajstić information content (AvgIpc) is 3.27. The number of anilines is 1. The fourth-order valence-electron chi connectivity index (χ4n) is 4.01. The first-order chi connectivity index (χ1) is 18.0. The van der Waals surface area contributed by atoms with E-state index in [-0.39, 0.29) is 11.4 Å². The van der Waals surface area contributed by atoms with Gasteiger partial charge in [-0.25, -0.2) is 0 Å². The van der Waals surface area contributed by atoms with Gasteiger partial charge in [-0.05, 0) is 30.2 Å². The predicted molar refractivity (Wildman–Crippen MR) is 138 cm³/mol. The smallest absolute Gasteiger partial charge is 0.282 e. The molecule has 5 rings (SSSR count). The Bertz CT molecular complexity index is 1720. The van der Waals surface area contributed by atoms with Crippen molar-refractivity contribution in [3.63, 3.8) is 0 Å². The van der Waals surface area contributed by atoms with Crippen molar-refractivity contribution >= 4 is 11.8 Å². The quantitative estimate of drug-likeness (QED) is 0.346. The predicted octanol–water partition coefficient (Wildman–Crippen LogP) is 5.30. The average molecular weight is 489 g/mol. The number of hydrogen-bond donors (Lipinski definition) is 2. The molecular formula is C29H20N4O4. The van der Waals surface area contributed by atoms with Gasteiger partial charge in [0.25, 0.3) is 11.5 Å². The number of nitrogens with zero attached hydrogens (tertiary/aromatic N) is 3. The largest absolute Gasteiger partial charge is 0.505 e. The van der Waals surface area contributed by atoms with Gasteiger partial charge in [0.15, 0.2) is 11.4 Å². The van der Waals surface area contributed by atoms with Gasteiger partial charge in [-0.1, -0.05) is 72.8 Å². The van der Waals surface area contributed by atoms with Crippen LogP contribution in [-0.4, -0.2) is 20.8 Å². The van der Waals surface area contributed by atoms with Gasteiger partial charge in [0.2, 0.25) is 5.88 Å². The maximum absolute atomic E-state index is 13.2. The summed E-state index contributed by atoms with van der Waals surface area (Å²) in [4.78, 5) is 25.7. The molecular weight excluding hydrogens is 468 g/mol. The number of carbonyl (C=O) groups is 1. The highest BCUT2D eigenvalue weighted by Crippen LogP contribution is 2.41. The van der Waals surface area contributed by atoms with Gasteiger partial charge in [-0.2, -0.15) is 15.0 Å². The third-order valence-electron chi connectivity index (χ3n) is 5.72. The molecule has 0 aliphatic rings. The second kappa shape index (κ2) is 9.68. The molecule has 0 saturated carbocycles. The molecule has 0 aliphatic heterocycles. The van der Waals surface area contributed by atoms with Crippen LogP contribution in [0, 0.1) is 18.3 Å². The monoisotopic (exact) mass is 488 g/mol. The maximum atomic E-state index is 13.2. The van der Waals surface area contributed by atoms with Crippen molar-refractivity contribution in [2.75, 3.05) is 5.32 Å². The molecule has 0 radical (unpaired) electrons. The van der Waals surface area contributed by atoms with Gasteiger partial charge in [0.1, 0.15) is 17.4 Å². The summed E-state index contributed by atoms with van der Waals surface area (Å²) in [6.45, 7) is 1.86. The Morgan fingerprint density at radius 3 is 2.30 bits per heavy atom. The molecule has 0 fully saturated rings. The molecule has 8 heteroatoms. The van der Waals surface area contributed by atoms with E-state index in [0.29, 0.717) is 22.6 Å². The molecule has 2 N–H and O–H groups in total. The van der Waals surface area contributed by atoms with Gasteiger partial charge < -0.3 is 9.52 Å². The van der Waals surface area contributed by atoms with E-state index in [1.807, 2.05) is 73.7 Å². The van der Waals surface area contributed by atoms with Crippen LogP contribution in [0.5, 0.6) is 5.75 Å². The lowest BCUT2D eigenvalue weighted by molar-refractivity contribution is 0.101. The lowest BCUT2D eigenvalue weighted by Gasteiger charge is -2.09. The molecule has 0 atom stereocenters. The molecule has 1 amide bonds. The van der Waals surface area contributed by atoms with Crippen LogP contribution in [0.4, 0.5) is 5.88 Å². The number of amides is 1. The zero-order valence-electron chi connectivity index (χ0n) is 19.7. The lowest BCUT2D eigenvalue weighted by atomic mass is 9.98. The van der Waals surface area contributed by atoms with Crippen LogP contribution in [0.15, 0.2) is 100 Å². The number of furan rings is 1. The van der Waals surface area contributed by atoms with Crippen LogP contribution in [-0.2, 0) is 0 Å². The Labute approximate surface area is 211 Å². The van der Waals surface area contributed by atoms with E-state index < -0.39 is 22.9 Å². The Morgan fingerprint density at radius 1 is 0.973 bits per heavy atom. The van der Waals surface area contributed by atoms with Crippen molar-refractivity contribution in [3.8, 4) is 40.0 Å². The number of aromatic hydroxyl groups is 1. The minimum atomic E-state index is -0.844. The van der Waals surface area contributed by atoms with Gasteiger partial charge in [0.05, 0.1) is 5.69 Å². The fraction of sp³-hybridized carbons (Fsp3) is 0.0345. The molecule has 8 nitrogen and oxygen atoms in total. The first-order valence-corrected chi connectivity index (χ1v) is 11.4. The summed E-state index contributed by atoms with van der Waals surface area (Å²) in [6, 6.07) is 28.5. The van der Waals surface area contributed by atoms with E-state index in [1.54, 1.807) is 18.2 Å². The molecule has 0 spiro atoms. The van der Waals surface area contributed by atoms with Crippen molar-refractivity contribution in [1.29, 1.82) is 5.26 Å². The first kappa shape index (κ1) is 23.3. The summed E-state index contributed by atoms with van der Waals surface area (Å²) in [5, 5.41) is 27.1. The van der Waals surface area contributed by atoms with Crippen LogP contribution in [0.25, 0.3) is 28.1 Å². The highest BCUT2D eigenvalue weighted by Gasteiger charge is 2.26. The SMILES string of the molecule is Cc1cccc(-n2nc(C(=O)Nc3oc(-c4ccccc4)c(-c4ccccc4)c3C#N)c(O)cc2=O)c1. The normalized spacial score (nSPS) is 10.6. The fourth-order valence-corrected chi connectivity index (χ4v) is 4.01. The Morgan fingerprint density at radius 2 is 1.65 bits per heavy atom. The van der Waals surface area contributed by atoms with E-state index in [9.17, 15) is 20.0 Å². The van der Waals surface area contributed by atoms with E-state index in [1.165, 1.54) is 0 Å². The summed E-state index contributed by atoms with van der Waals surface area (Å²) in [5.74, 6) is -1.13. The van der Waals surface area contributed by atoms with E-state index in [4.69, 9.17) is 4.42 Å². The minimum absolute atomic E-state index is 0.0975. The van der Waals surface area contributed by atoms with Crippen molar-refractivity contribution in [2.24, 2.45) is 0 Å². The molecule has 180 valence electrons. The number of carbonyl (C=O) groups excluding carboxylic acids is 1. The first-order valence-electron chi connectivity index (χ1n) is 11.4. The number of nitriles is 1. The highest BCUT2D eigenvalue weighted by molar-refractivity contribution is 6.05. The molecule has 0 bridgehead atoms. The standard InChI is InChI=1S/C29H20N4O4/c1-18-9-8-14-21(15-18)33-24(35)16-23(34)26(32-33)28(36)31-29-22(17-30)25(19-10-4-2-5-11-19)27(37-29)20-12-6-3-7-13-20/h2-16,34H,1H3,(H,31,36). The van der Waals surface area contributed by atoms with Gasteiger partial charge in [0, 0.05) is 17.2 Å². The van der Waals surface area contributed by atoms with Gasteiger partial charge in [-0.15, -0.1) is 0 Å². The van der Waals surface area contributed by atoms with E-state index in [0.717, 1.165) is 21.9 Å². The minimum Gasteiger partial charge on any atom is -0.505 e. The number of hydrogen-bond acceptors (Lipinski definition) is 6. The zero-order chi connectivity index (χ0) is 25.9. The van der Waals surface area contributed by atoms with Crippen LogP contribution in [0.1, 0.15) is 21.6 Å². The molecule has 0 saturated heterocycles. The Kier molecular flexibility index (Phi) is 6.10. The van der Waals surface area contributed by atoms with Crippen molar-refractivity contribution < 1.29 is 14.3 Å². The van der Waals surface area contributed by atoms with Crippen LogP contribution in [0.2, 0.25) is 0 Å². The molecule has 5 aromatic rings. The van der Waals surface area contributed by atoms with Crippen LogP contribution in [0.3, 0.4) is 0 Å². The number of aromatic nitrogens is 2. The van der Waals surface area contributed by atoms with Crippen LogP contribution < -0.4 is 10.9 Å². The summed E-state index contributed by atoms with van der Waals surface area (Å²) >= 11 is 0. The van der Waals surface area contributed by atoms with Gasteiger partial charge >= 0.3 is 0 Å². The topological polar surface area (TPSA) is 121 Å².